The smallest absolute Gasteiger partial charge is 0.273 e. The van der Waals surface area contributed by atoms with Crippen molar-refractivity contribution in [2.75, 3.05) is 19.0 Å². The molecule has 3 rings (SSSR count). The average molecular weight is 543 g/mol. The molecule has 2 amide bonds. The van der Waals surface area contributed by atoms with E-state index in [9.17, 15) is 19.7 Å². The molecule has 38 heavy (non-hydrogen) atoms. The molecule has 0 aliphatic carbocycles. The molecule has 204 valence electrons. The van der Waals surface area contributed by atoms with Gasteiger partial charge in [0.05, 0.1) is 30.4 Å². The number of non-ortho nitro benzene ring substituents is 1. The van der Waals surface area contributed by atoms with Crippen molar-refractivity contribution in [1.29, 1.82) is 0 Å². The molecule has 10 nitrogen and oxygen atoms in total. The van der Waals surface area contributed by atoms with Crippen LogP contribution in [0, 0.1) is 16.0 Å². The van der Waals surface area contributed by atoms with Gasteiger partial charge in [0.25, 0.3) is 5.69 Å². The topological polar surface area (TPSA) is 123 Å². The molecule has 1 heterocycles. The molecule has 0 bridgehead atoms. The quantitative estimate of drug-likeness (QED) is 0.266. The van der Waals surface area contributed by atoms with Crippen LogP contribution < -0.4 is 14.8 Å². The van der Waals surface area contributed by atoms with Crippen LogP contribution in [0.15, 0.2) is 47.5 Å². The summed E-state index contributed by atoms with van der Waals surface area (Å²) < 4.78 is 10.9. The number of methoxy groups -OCH3 is 1. The first-order chi connectivity index (χ1) is 18.1. The molecule has 1 fully saturated rings. The lowest BCUT2D eigenvalue weighted by molar-refractivity contribution is -0.384. The van der Waals surface area contributed by atoms with Crippen molar-refractivity contribution in [2.45, 2.75) is 58.2 Å². The van der Waals surface area contributed by atoms with E-state index in [4.69, 9.17) is 14.5 Å². The monoisotopic (exact) mass is 542 g/mol. The van der Waals surface area contributed by atoms with Crippen LogP contribution in [0.25, 0.3) is 0 Å². The van der Waals surface area contributed by atoms with Crippen LogP contribution in [0.5, 0.6) is 11.5 Å². The standard InChI is InChI=1S/C27H34N4O6S/c1-6-37-22-10-8-7-9-20(22)29-27-30(18(4)12-11-17(2)3)26(33)24(38-27)16-25(32)28-21-14-13-19(31(34)35)15-23(21)36-5/h7-10,13-15,17-18,24H,6,11-12,16H2,1-5H3,(H,28,32)/t18-,24-/m0/s1. The summed E-state index contributed by atoms with van der Waals surface area (Å²) in [6.07, 6.45) is 1.65. The lowest BCUT2D eigenvalue weighted by Gasteiger charge is -2.25. The first-order valence-electron chi connectivity index (χ1n) is 12.6. The summed E-state index contributed by atoms with van der Waals surface area (Å²) in [4.78, 5) is 43.5. The van der Waals surface area contributed by atoms with E-state index in [-0.39, 0.29) is 29.8 Å². The lowest BCUT2D eigenvalue weighted by atomic mass is 10.0. The molecule has 0 unspecified atom stereocenters. The van der Waals surface area contributed by atoms with Gasteiger partial charge in [-0.2, -0.15) is 0 Å². The van der Waals surface area contributed by atoms with Crippen LogP contribution in [0.4, 0.5) is 17.1 Å². The minimum Gasteiger partial charge on any atom is -0.494 e. The SMILES string of the molecule is CCOc1ccccc1N=C1S[C@@H](CC(=O)Nc2ccc([N+](=O)[O-])cc2OC)C(=O)N1[C@@H](C)CCC(C)C. The van der Waals surface area contributed by atoms with Gasteiger partial charge >= 0.3 is 0 Å². The van der Waals surface area contributed by atoms with Crippen LogP contribution in [0.2, 0.25) is 0 Å². The Kier molecular flexibility index (Phi) is 10.1. The number of aliphatic imine (C=N–C) groups is 1. The zero-order chi connectivity index (χ0) is 27.8. The number of amides is 2. The van der Waals surface area contributed by atoms with E-state index in [1.54, 1.807) is 4.90 Å². The Bertz CT molecular complexity index is 1200. The summed E-state index contributed by atoms with van der Waals surface area (Å²) in [6, 6.07) is 11.2. The lowest BCUT2D eigenvalue weighted by Crippen LogP contribution is -2.40. The summed E-state index contributed by atoms with van der Waals surface area (Å²) in [6.45, 7) is 8.65. The maximum Gasteiger partial charge on any atom is 0.273 e. The van der Waals surface area contributed by atoms with Crippen molar-refractivity contribution in [2.24, 2.45) is 10.9 Å². The molecule has 0 spiro atoms. The molecular formula is C27H34N4O6S. The molecule has 2 atom stereocenters. The average Bonchev–Trinajstić information content (AvgIpc) is 3.18. The molecule has 1 saturated heterocycles. The Morgan fingerprint density at radius 2 is 1.92 bits per heavy atom. The van der Waals surface area contributed by atoms with Crippen molar-refractivity contribution < 1.29 is 24.0 Å². The third kappa shape index (κ3) is 7.25. The van der Waals surface area contributed by atoms with E-state index in [1.165, 1.54) is 37.1 Å². The highest BCUT2D eigenvalue weighted by Crippen LogP contribution is 2.37. The van der Waals surface area contributed by atoms with Crippen molar-refractivity contribution in [3.63, 3.8) is 0 Å². The van der Waals surface area contributed by atoms with E-state index in [2.05, 4.69) is 19.2 Å². The van der Waals surface area contributed by atoms with Gasteiger partial charge in [-0.25, -0.2) is 4.99 Å². The van der Waals surface area contributed by atoms with Gasteiger partial charge in [0.2, 0.25) is 11.8 Å². The fourth-order valence-corrected chi connectivity index (χ4v) is 5.24. The second kappa shape index (κ2) is 13.3. The number of hydrogen-bond donors (Lipinski definition) is 1. The number of nitro benzene ring substituents is 1. The van der Waals surface area contributed by atoms with Crippen LogP contribution in [0.1, 0.15) is 47.0 Å². The van der Waals surface area contributed by atoms with Crippen molar-refractivity contribution in [1.82, 2.24) is 4.90 Å². The zero-order valence-corrected chi connectivity index (χ0v) is 23.1. The number of hydrogen-bond acceptors (Lipinski definition) is 8. The van der Waals surface area contributed by atoms with Gasteiger partial charge in [-0.05, 0) is 50.8 Å². The van der Waals surface area contributed by atoms with Gasteiger partial charge < -0.3 is 14.8 Å². The number of rotatable bonds is 12. The number of anilines is 1. The highest BCUT2D eigenvalue weighted by Gasteiger charge is 2.41. The summed E-state index contributed by atoms with van der Waals surface area (Å²) in [5.74, 6) is 0.687. The first kappa shape index (κ1) is 29.0. The van der Waals surface area contributed by atoms with E-state index in [0.29, 0.717) is 34.8 Å². The molecule has 2 aromatic carbocycles. The highest BCUT2D eigenvalue weighted by atomic mass is 32.2. The highest BCUT2D eigenvalue weighted by molar-refractivity contribution is 8.15. The van der Waals surface area contributed by atoms with Crippen molar-refractivity contribution in [3.8, 4) is 11.5 Å². The van der Waals surface area contributed by atoms with E-state index < -0.39 is 16.1 Å². The van der Waals surface area contributed by atoms with Gasteiger partial charge in [0.15, 0.2) is 5.17 Å². The minimum atomic E-state index is -0.668. The maximum atomic E-state index is 13.5. The van der Waals surface area contributed by atoms with E-state index in [1.807, 2.05) is 38.1 Å². The number of carbonyl (C=O) groups is 2. The Hall–Kier alpha value is -3.60. The Morgan fingerprint density at radius 1 is 1.18 bits per heavy atom. The number of nitro groups is 1. The third-order valence-electron chi connectivity index (χ3n) is 5.99. The largest absolute Gasteiger partial charge is 0.494 e. The summed E-state index contributed by atoms with van der Waals surface area (Å²) in [5.41, 5.74) is 0.757. The predicted molar refractivity (Wildman–Crippen MR) is 149 cm³/mol. The van der Waals surface area contributed by atoms with Gasteiger partial charge in [-0.1, -0.05) is 37.7 Å². The minimum absolute atomic E-state index is 0.0941. The molecule has 1 aliphatic rings. The summed E-state index contributed by atoms with van der Waals surface area (Å²) in [7, 11) is 1.37. The number of thioether (sulfide) groups is 1. The van der Waals surface area contributed by atoms with Crippen LogP contribution >= 0.6 is 11.8 Å². The molecule has 0 aromatic heterocycles. The molecule has 1 aliphatic heterocycles. The number of nitrogens with zero attached hydrogens (tertiary/aromatic N) is 3. The fraction of sp³-hybridized carbons (Fsp3) is 0.444. The Labute approximate surface area is 226 Å². The number of benzene rings is 2. The molecule has 0 saturated carbocycles. The van der Waals surface area contributed by atoms with E-state index in [0.717, 1.165) is 12.8 Å². The fourth-order valence-electron chi connectivity index (χ4n) is 4.00. The maximum absolute atomic E-state index is 13.5. The van der Waals surface area contributed by atoms with Crippen molar-refractivity contribution in [3.05, 3.63) is 52.6 Å². The van der Waals surface area contributed by atoms with Gasteiger partial charge in [0.1, 0.15) is 22.4 Å². The predicted octanol–water partition coefficient (Wildman–Crippen LogP) is 5.79. The number of ether oxygens (including phenoxy) is 2. The van der Waals surface area contributed by atoms with Gasteiger partial charge in [-0.15, -0.1) is 0 Å². The second-order valence-electron chi connectivity index (χ2n) is 9.32. The Balaban J connectivity index is 1.84. The van der Waals surface area contributed by atoms with Crippen LogP contribution in [-0.2, 0) is 9.59 Å². The first-order valence-corrected chi connectivity index (χ1v) is 13.4. The normalized spacial score (nSPS) is 17.1. The van der Waals surface area contributed by atoms with Gasteiger partial charge in [-0.3, -0.25) is 24.6 Å². The summed E-state index contributed by atoms with van der Waals surface area (Å²) >= 11 is 1.26. The molecule has 11 heteroatoms. The van der Waals surface area contributed by atoms with Gasteiger partial charge in [0, 0.05) is 18.5 Å². The van der Waals surface area contributed by atoms with Crippen LogP contribution in [-0.4, -0.2) is 51.8 Å². The molecule has 0 radical (unpaired) electrons. The number of amidine groups is 1. The number of carbonyl (C=O) groups excluding carboxylic acids is 2. The molecular weight excluding hydrogens is 508 g/mol. The van der Waals surface area contributed by atoms with Crippen molar-refractivity contribution >= 4 is 45.8 Å². The second-order valence-corrected chi connectivity index (χ2v) is 10.5. The number of para-hydroxylation sites is 2. The van der Waals surface area contributed by atoms with Crippen LogP contribution in [0.3, 0.4) is 0 Å². The Morgan fingerprint density at radius 3 is 2.58 bits per heavy atom. The number of nitrogens with one attached hydrogen (secondary N) is 1. The summed E-state index contributed by atoms with van der Waals surface area (Å²) in [5, 5.41) is 13.6. The molecule has 2 aromatic rings. The molecule has 1 N–H and O–H groups in total. The zero-order valence-electron chi connectivity index (χ0n) is 22.3. The third-order valence-corrected chi connectivity index (χ3v) is 7.14. The van der Waals surface area contributed by atoms with E-state index >= 15 is 0 Å².